The quantitative estimate of drug-likeness (QED) is 0.403. The predicted octanol–water partition coefficient (Wildman–Crippen LogP) is 2.24. The molecule has 0 aliphatic heterocycles. The summed E-state index contributed by atoms with van der Waals surface area (Å²) in [5.41, 5.74) is 2.54. The number of aliphatic imine (C=N–C) groups is 1. The fourth-order valence-electron chi connectivity index (χ4n) is 2.57. The van der Waals surface area contributed by atoms with Gasteiger partial charge in [-0.25, -0.2) is 23.5 Å². The highest BCUT2D eigenvalue weighted by Crippen LogP contribution is 2.17. The first-order valence-corrected chi connectivity index (χ1v) is 10.6. The number of guanidine groups is 1. The number of hydrogen-bond donors (Lipinski definition) is 3. The molecule has 3 rings (SSSR count). The lowest BCUT2D eigenvalue weighted by atomic mass is 10.2. The Balaban J connectivity index is 1.62. The van der Waals surface area contributed by atoms with E-state index >= 15 is 0 Å². The van der Waals surface area contributed by atoms with Crippen molar-refractivity contribution in [1.82, 2.24) is 15.6 Å². The number of hydrogen-bond acceptors (Lipinski definition) is 5. The number of aromatic nitrogens is 1. The van der Waals surface area contributed by atoms with Gasteiger partial charge in [-0.3, -0.25) is 0 Å². The second-order valence-corrected chi connectivity index (χ2v) is 7.81. The Morgan fingerprint density at radius 3 is 2.48 bits per heavy atom. The summed E-state index contributed by atoms with van der Waals surface area (Å²) in [5, 5.41) is 11.5. The first kappa shape index (κ1) is 20.6. The van der Waals surface area contributed by atoms with Crippen LogP contribution in [0.1, 0.15) is 18.2 Å². The van der Waals surface area contributed by atoms with Crippen LogP contribution in [0, 0.1) is 0 Å². The van der Waals surface area contributed by atoms with Gasteiger partial charge < -0.3 is 15.1 Å². The van der Waals surface area contributed by atoms with E-state index in [1.54, 1.807) is 18.4 Å². The molecule has 0 saturated heterocycles. The minimum Gasteiger partial charge on any atom is -0.444 e. The molecule has 0 atom stereocenters. The van der Waals surface area contributed by atoms with E-state index in [2.05, 4.69) is 20.6 Å². The van der Waals surface area contributed by atoms with Crippen molar-refractivity contribution < 1.29 is 12.8 Å². The zero-order valence-corrected chi connectivity index (χ0v) is 16.8. The first-order chi connectivity index (χ1) is 14.0. The monoisotopic (exact) mass is 413 g/mol. The third-order valence-electron chi connectivity index (χ3n) is 4.03. The van der Waals surface area contributed by atoms with Gasteiger partial charge in [0.15, 0.2) is 5.96 Å². The molecule has 0 fully saturated rings. The molecule has 0 bridgehead atoms. The van der Waals surface area contributed by atoms with E-state index in [9.17, 15) is 8.42 Å². The molecule has 29 heavy (non-hydrogen) atoms. The zero-order chi connectivity index (χ0) is 20.7. The molecule has 0 spiro atoms. The molecule has 0 radical (unpaired) electrons. The lowest BCUT2D eigenvalue weighted by Gasteiger charge is -2.10. The van der Waals surface area contributed by atoms with Gasteiger partial charge >= 0.3 is 0 Å². The Morgan fingerprint density at radius 1 is 1.10 bits per heavy atom. The predicted molar refractivity (Wildman–Crippen MR) is 111 cm³/mol. The highest BCUT2D eigenvalue weighted by Gasteiger charge is 2.08. The summed E-state index contributed by atoms with van der Waals surface area (Å²) in [5.74, 6) is 1.19. The maximum absolute atomic E-state index is 11.3. The van der Waals surface area contributed by atoms with E-state index in [-0.39, 0.29) is 4.90 Å². The summed E-state index contributed by atoms with van der Waals surface area (Å²) in [6, 6.07) is 16.0. The highest BCUT2D eigenvalue weighted by molar-refractivity contribution is 7.89. The molecule has 0 aliphatic carbocycles. The third-order valence-corrected chi connectivity index (χ3v) is 4.95. The number of nitrogens with zero attached hydrogens (tertiary/aromatic N) is 2. The van der Waals surface area contributed by atoms with Crippen molar-refractivity contribution in [2.75, 3.05) is 6.54 Å². The molecular formula is C20H23N5O3S. The zero-order valence-electron chi connectivity index (χ0n) is 16.0. The van der Waals surface area contributed by atoms with E-state index in [0.717, 1.165) is 16.8 Å². The molecule has 0 amide bonds. The molecule has 8 nitrogen and oxygen atoms in total. The van der Waals surface area contributed by atoms with Crippen molar-refractivity contribution in [1.29, 1.82) is 0 Å². The summed E-state index contributed by atoms with van der Waals surface area (Å²) in [6.07, 6.45) is 1.62. The second-order valence-electron chi connectivity index (χ2n) is 6.25. The fourth-order valence-corrected chi connectivity index (χ4v) is 3.09. The number of nitrogens with one attached hydrogen (secondary N) is 2. The van der Waals surface area contributed by atoms with Crippen LogP contribution >= 0.6 is 0 Å². The van der Waals surface area contributed by atoms with Crippen molar-refractivity contribution >= 4 is 16.0 Å². The topological polar surface area (TPSA) is 123 Å². The van der Waals surface area contributed by atoms with Crippen LogP contribution in [0.4, 0.5) is 0 Å². The smallest absolute Gasteiger partial charge is 0.238 e. The standard InChI is InChI=1S/C20H23N5O3S/c1-2-22-20(23-12-15-8-10-18(11-9-15)29(21,26)27)24-13-17-14-28-19(25-17)16-6-4-3-5-7-16/h3-11,14H,2,12-13H2,1H3,(H2,21,26,27)(H2,22,23,24). The minimum atomic E-state index is -3.69. The SMILES string of the molecule is CCNC(=NCc1ccc(S(N)(=O)=O)cc1)NCc1coc(-c2ccccc2)n1. The van der Waals surface area contributed by atoms with E-state index in [0.29, 0.717) is 31.5 Å². The first-order valence-electron chi connectivity index (χ1n) is 9.09. The molecule has 4 N–H and O–H groups in total. The molecule has 0 unspecified atom stereocenters. The van der Waals surface area contributed by atoms with Gasteiger partial charge in [-0.05, 0) is 36.8 Å². The average Bonchev–Trinajstić information content (AvgIpc) is 3.19. The van der Waals surface area contributed by atoms with Crippen molar-refractivity contribution in [3.05, 3.63) is 72.1 Å². The summed E-state index contributed by atoms with van der Waals surface area (Å²) < 4.78 is 28.2. The largest absolute Gasteiger partial charge is 0.444 e. The van der Waals surface area contributed by atoms with Gasteiger partial charge in [0.2, 0.25) is 15.9 Å². The Bertz CT molecular complexity index is 1060. The molecule has 2 aromatic carbocycles. The van der Waals surface area contributed by atoms with Crippen molar-refractivity contribution in [3.63, 3.8) is 0 Å². The van der Waals surface area contributed by atoms with Crippen LogP contribution in [0.3, 0.4) is 0 Å². The van der Waals surface area contributed by atoms with Crippen LogP contribution in [0.25, 0.3) is 11.5 Å². The van der Waals surface area contributed by atoms with Gasteiger partial charge in [-0.2, -0.15) is 0 Å². The maximum Gasteiger partial charge on any atom is 0.238 e. The van der Waals surface area contributed by atoms with Crippen LogP contribution in [0.5, 0.6) is 0 Å². The second kappa shape index (κ2) is 9.35. The van der Waals surface area contributed by atoms with E-state index < -0.39 is 10.0 Å². The van der Waals surface area contributed by atoms with E-state index in [1.165, 1.54) is 12.1 Å². The van der Waals surface area contributed by atoms with Crippen molar-refractivity contribution in [2.45, 2.75) is 24.9 Å². The lowest BCUT2D eigenvalue weighted by Crippen LogP contribution is -2.36. The molecule has 0 saturated carbocycles. The lowest BCUT2D eigenvalue weighted by molar-refractivity contribution is 0.572. The van der Waals surface area contributed by atoms with Gasteiger partial charge in [0.1, 0.15) is 6.26 Å². The normalized spacial score (nSPS) is 12.0. The van der Waals surface area contributed by atoms with Crippen LogP contribution in [0.2, 0.25) is 0 Å². The number of oxazole rings is 1. The van der Waals surface area contributed by atoms with Crippen LogP contribution < -0.4 is 15.8 Å². The molecule has 9 heteroatoms. The van der Waals surface area contributed by atoms with Gasteiger partial charge in [0.05, 0.1) is 23.7 Å². The molecule has 0 aliphatic rings. The fraction of sp³-hybridized carbons (Fsp3) is 0.200. The maximum atomic E-state index is 11.3. The number of nitrogens with two attached hydrogens (primary N) is 1. The average molecular weight is 414 g/mol. The van der Waals surface area contributed by atoms with Crippen LogP contribution in [0.15, 0.2) is 75.2 Å². The molecule has 152 valence electrons. The molecular weight excluding hydrogens is 390 g/mol. The minimum absolute atomic E-state index is 0.0792. The summed E-state index contributed by atoms with van der Waals surface area (Å²) in [6.45, 7) is 3.51. The molecule has 1 aromatic heterocycles. The Hall–Kier alpha value is -3.17. The van der Waals surface area contributed by atoms with Gasteiger partial charge in [0.25, 0.3) is 0 Å². The molecule has 3 aromatic rings. The summed E-state index contributed by atoms with van der Waals surface area (Å²) >= 11 is 0. The van der Waals surface area contributed by atoms with Crippen molar-refractivity contribution in [2.24, 2.45) is 10.1 Å². The number of rotatable bonds is 7. The highest BCUT2D eigenvalue weighted by atomic mass is 32.2. The summed E-state index contributed by atoms with van der Waals surface area (Å²) in [4.78, 5) is 9.07. The van der Waals surface area contributed by atoms with E-state index in [4.69, 9.17) is 9.56 Å². The Kier molecular flexibility index (Phi) is 6.63. The van der Waals surface area contributed by atoms with Gasteiger partial charge in [-0.1, -0.05) is 30.3 Å². The van der Waals surface area contributed by atoms with Gasteiger partial charge in [0, 0.05) is 12.1 Å². The van der Waals surface area contributed by atoms with Crippen LogP contribution in [-0.4, -0.2) is 25.9 Å². The van der Waals surface area contributed by atoms with E-state index in [1.807, 2.05) is 37.3 Å². The Morgan fingerprint density at radius 2 is 1.83 bits per heavy atom. The summed E-state index contributed by atoms with van der Waals surface area (Å²) in [7, 11) is -3.69. The number of benzene rings is 2. The third kappa shape index (κ3) is 5.90. The van der Waals surface area contributed by atoms with Crippen molar-refractivity contribution in [3.8, 4) is 11.5 Å². The number of primary sulfonamides is 1. The Labute approximate surface area is 169 Å². The number of sulfonamides is 1. The van der Waals surface area contributed by atoms with Gasteiger partial charge in [-0.15, -0.1) is 0 Å². The van der Waals surface area contributed by atoms with Crippen LogP contribution in [-0.2, 0) is 23.1 Å². The molecule has 1 heterocycles.